The van der Waals surface area contributed by atoms with Crippen molar-refractivity contribution in [2.75, 3.05) is 19.8 Å². The zero-order valence-corrected chi connectivity index (χ0v) is 12.7. The van der Waals surface area contributed by atoms with Crippen LogP contribution in [0.15, 0.2) is 24.3 Å². The van der Waals surface area contributed by atoms with E-state index in [4.69, 9.17) is 14.5 Å². The Kier molecular flexibility index (Phi) is 6.49. The van der Waals surface area contributed by atoms with Crippen LogP contribution in [-0.2, 0) is 19.9 Å². The summed E-state index contributed by atoms with van der Waals surface area (Å²) in [4.78, 5) is 10.5. The molecule has 0 heterocycles. The average molecular weight is 266 g/mol. The van der Waals surface area contributed by atoms with E-state index in [1.807, 2.05) is 13.8 Å². The van der Waals surface area contributed by atoms with Gasteiger partial charge in [0.2, 0.25) is 0 Å². The van der Waals surface area contributed by atoms with Crippen molar-refractivity contribution < 1.29 is 14.5 Å². The van der Waals surface area contributed by atoms with E-state index in [0.29, 0.717) is 19.8 Å². The van der Waals surface area contributed by atoms with Gasteiger partial charge in [-0.15, -0.1) is 0 Å². The van der Waals surface area contributed by atoms with E-state index >= 15 is 0 Å². The minimum absolute atomic E-state index is 0.0797. The molecule has 1 atom stereocenters. The molecule has 0 amide bonds. The second-order valence-electron chi connectivity index (χ2n) is 5.63. The average Bonchev–Trinajstić information content (AvgIpc) is 2.37. The maximum atomic E-state index is 5.36. The lowest BCUT2D eigenvalue weighted by molar-refractivity contribution is -0.327. The topological polar surface area (TPSA) is 27.7 Å². The predicted octanol–water partition coefficient (Wildman–Crippen LogP) is 4.03. The number of hydrogen-bond acceptors (Lipinski definition) is 3. The fourth-order valence-electron chi connectivity index (χ4n) is 1.70. The first-order valence-corrected chi connectivity index (χ1v) is 6.91. The van der Waals surface area contributed by atoms with E-state index in [0.717, 1.165) is 5.56 Å². The quantitative estimate of drug-likeness (QED) is 0.423. The number of ether oxygens (including phenoxy) is 1. The lowest BCUT2D eigenvalue weighted by Crippen LogP contribution is -2.12. The Hall–Kier alpha value is -0.900. The molecule has 0 N–H and O–H groups in total. The molecule has 1 unspecified atom stereocenters. The van der Waals surface area contributed by atoms with Gasteiger partial charge in [-0.1, -0.05) is 45.0 Å². The molecule has 0 aliphatic carbocycles. The van der Waals surface area contributed by atoms with Gasteiger partial charge in [-0.2, -0.15) is 0 Å². The van der Waals surface area contributed by atoms with Crippen LogP contribution in [0.1, 0.15) is 51.8 Å². The number of rotatable bonds is 7. The lowest BCUT2D eigenvalue weighted by atomic mass is 9.86. The molecule has 0 aliphatic heterocycles. The molecule has 0 aliphatic rings. The Balaban J connectivity index is 2.50. The first kappa shape index (κ1) is 16.2. The minimum atomic E-state index is -0.0797. The molecular formula is C16H26O3. The Labute approximate surface area is 116 Å². The van der Waals surface area contributed by atoms with E-state index in [9.17, 15) is 0 Å². The fraction of sp³-hybridized carbons (Fsp3) is 0.625. The van der Waals surface area contributed by atoms with Crippen LogP contribution < -0.4 is 0 Å². The highest BCUT2D eigenvalue weighted by atomic mass is 17.2. The molecule has 0 bridgehead atoms. The highest BCUT2D eigenvalue weighted by Gasteiger charge is 2.15. The van der Waals surface area contributed by atoms with Crippen LogP contribution in [0.3, 0.4) is 0 Å². The highest BCUT2D eigenvalue weighted by molar-refractivity contribution is 5.29. The summed E-state index contributed by atoms with van der Waals surface area (Å²) < 4.78 is 5.18. The Morgan fingerprint density at radius 3 is 2.53 bits per heavy atom. The molecular weight excluding hydrogens is 240 g/mol. The van der Waals surface area contributed by atoms with E-state index in [2.05, 4.69) is 45.0 Å². The van der Waals surface area contributed by atoms with Gasteiger partial charge in [0, 0.05) is 6.61 Å². The molecule has 0 fully saturated rings. The number of benzene rings is 1. The summed E-state index contributed by atoms with van der Waals surface area (Å²) in [5.41, 5.74) is 2.57. The third kappa shape index (κ3) is 5.72. The van der Waals surface area contributed by atoms with Crippen molar-refractivity contribution in [3.63, 3.8) is 0 Å². The predicted molar refractivity (Wildman–Crippen MR) is 77.1 cm³/mol. The molecule has 1 aromatic carbocycles. The van der Waals surface area contributed by atoms with E-state index < -0.39 is 0 Å². The van der Waals surface area contributed by atoms with Crippen molar-refractivity contribution in [3.05, 3.63) is 35.4 Å². The van der Waals surface area contributed by atoms with Gasteiger partial charge in [0.1, 0.15) is 12.7 Å². The summed E-state index contributed by atoms with van der Waals surface area (Å²) >= 11 is 0. The number of hydrogen-bond donors (Lipinski definition) is 0. The van der Waals surface area contributed by atoms with Crippen LogP contribution in [0, 0.1) is 0 Å². The highest BCUT2D eigenvalue weighted by Crippen LogP contribution is 2.26. The van der Waals surface area contributed by atoms with Gasteiger partial charge in [0.15, 0.2) is 0 Å². The standard InChI is InChI=1S/C16H26O3/c1-6-17-10-11-18-19-13(2)14-8-7-9-15(12-14)16(3,4)5/h7-9,12-13H,6,10-11H2,1-5H3. The van der Waals surface area contributed by atoms with Crippen molar-refractivity contribution in [1.29, 1.82) is 0 Å². The maximum absolute atomic E-state index is 5.36. The summed E-state index contributed by atoms with van der Waals surface area (Å²) in [5, 5.41) is 0. The molecule has 0 radical (unpaired) electrons. The van der Waals surface area contributed by atoms with Gasteiger partial charge < -0.3 is 4.74 Å². The SMILES string of the molecule is CCOCCOOC(C)c1cccc(C(C)(C)C)c1. The van der Waals surface area contributed by atoms with Crippen molar-refractivity contribution in [2.45, 2.75) is 46.1 Å². The Morgan fingerprint density at radius 1 is 1.16 bits per heavy atom. The van der Waals surface area contributed by atoms with E-state index in [-0.39, 0.29) is 11.5 Å². The van der Waals surface area contributed by atoms with Gasteiger partial charge in [-0.25, -0.2) is 9.78 Å². The Bertz CT molecular complexity index is 369. The summed E-state index contributed by atoms with van der Waals surface area (Å²) in [6.45, 7) is 12.3. The van der Waals surface area contributed by atoms with Crippen LogP contribution >= 0.6 is 0 Å². The Morgan fingerprint density at radius 2 is 1.89 bits per heavy atom. The summed E-state index contributed by atoms with van der Waals surface area (Å²) in [6.07, 6.45) is -0.0797. The molecule has 3 heteroatoms. The molecule has 1 rings (SSSR count). The largest absolute Gasteiger partial charge is 0.379 e. The third-order valence-corrected chi connectivity index (χ3v) is 2.95. The fourth-order valence-corrected chi connectivity index (χ4v) is 1.70. The summed E-state index contributed by atoms with van der Waals surface area (Å²) in [7, 11) is 0. The van der Waals surface area contributed by atoms with Crippen LogP contribution in [-0.4, -0.2) is 19.8 Å². The van der Waals surface area contributed by atoms with Gasteiger partial charge in [0.25, 0.3) is 0 Å². The summed E-state index contributed by atoms with van der Waals surface area (Å²) in [6, 6.07) is 8.45. The molecule has 3 nitrogen and oxygen atoms in total. The second kappa shape index (κ2) is 7.63. The zero-order chi connectivity index (χ0) is 14.3. The molecule has 1 aromatic rings. The van der Waals surface area contributed by atoms with Gasteiger partial charge in [-0.3, -0.25) is 0 Å². The van der Waals surface area contributed by atoms with Crippen molar-refractivity contribution in [2.24, 2.45) is 0 Å². The van der Waals surface area contributed by atoms with Crippen molar-refractivity contribution >= 4 is 0 Å². The molecule has 0 aromatic heterocycles. The van der Waals surface area contributed by atoms with Crippen molar-refractivity contribution in [1.82, 2.24) is 0 Å². The van der Waals surface area contributed by atoms with Crippen LogP contribution in [0.4, 0.5) is 0 Å². The smallest absolute Gasteiger partial charge is 0.115 e. The molecule has 108 valence electrons. The van der Waals surface area contributed by atoms with Crippen LogP contribution in [0.25, 0.3) is 0 Å². The van der Waals surface area contributed by atoms with Gasteiger partial charge in [0.05, 0.1) is 6.61 Å². The van der Waals surface area contributed by atoms with E-state index in [1.54, 1.807) is 0 Å². The van der Waals surface area contributed by atoms with E-state index in [1.165, 1.54) is 5.56 Å². The van der Waals surface area contributed by atoms with Gasteiger partial charge >= 0.3 is 0 Å². The molecule has 19 heavy (non-hydrogen) atoms. The van der Waals surface area contributed by atoms with Gasteiger partial charge in [-0.05, 0) is 30.4 Å². The zero-order valence-electron chi connectivity index (χ0n) is 12.7. The summed E-state index contributed by atoms with van der Waals surface area (Å²) in [5.74, 6) is 0. The maximum Gasteiger partial charge on any atom is 0.115 e. The van der Waals surface area contributed by atoms with Crippen molar-refractivity contribution in [3.8, 4) is 0 Å². The first-order chi connectivity index (χ1) is 8.95. The molecule has 0 saturated carbocycles. The minimum Gasteiger partial charge on any atom is -0.379 e. The lowest BCUT2D eigenvalue weighted by Gasteiger charge is -2.21. The van der Waals surface area contributed by atoms with Crippen LogP contribution in [0.5, 0.6) is 0 Å². The van der Waals surface area contributed by atoms with Crippen LogP contribution in [0.2, 0.25) is 0 Å². The first-order valence-electron chi connectivity index (χ1n) is 6.91. The molecule has 0 saturated heterocycles. The normalized spacial score (nSPS) is 13.5. The molecule has 0 spiro atoms. The monoisotopic (exact) mass is 266 g/mol. The third-order valence-electron chi connectivity index (χ3n) is 2.95. The second-order valence-corrected chi connectivity index (χ2v) is 5.63.